The van der Waals surface area contributed by atoms with Crippen LogP contribution in [0.2, 0.25) is 0 Å². The second-order valence-electron chi connectivity index (χ2n) is 5.35. The first kappa shape index (κ1) is 23.2. The Balaban J connectivity index is 2.60. The van der Waals surface area contributed by atoms with Crippen LogP contribution < -0.4 is 0 Å². The molecule has 0 saturated heterocycles. The minimum atomic E-state index is -3.64. The Morgan fingerprint density at radius 2 is 1.65 bits per heavy atom. The predicted molar refractivity (Wildman–Crippen MR) is 97.5 cm³/mol. The largest absolute Gasteiger partial charge is 0.374 e. The summed E-state index contributed by atoms with van der Waals surface area (Å²) in [6.45, 7) is 3.92. The van der Waals surface area contributed by atoms with Gasteiger partial charge in [0, 0.05) is 0 Å². The summed E-state index contributed by atoms with van der Waals surface area (Å²) in [4.78, 5) is 0. The Labute approximate surface area is 155 Å². The van der Waals surface area contributed by atoms with Crippen molar-refractivity contribution in [3.05, 3.63) is 35.9 Å². The summed E-state index contributed by atoms with van der Waals surface area (Å²) >= 11 is 0. The zero-order valence-electron chi connectivity index (χ0n) is 15.3. The van der Waals surface area contributed by atoms with E-state index in [1.807, 2.05) is 30.3 Å². The van der Waals surface area contributed by atoms with Crippen molar-refractivity contribution in [3.8, 4) is 0 Å². The Bertz CT molecular complexity index is 639. The van der Waals surface area contributed by atoms with Gasteiger partial charge < -0.3 is 18.5 Å². The average Bonchev–Trinajstić information content (AvgIpc) is 2.57. The van der Waals surface area contributed by atoms with E-state index >= 15 is 0 Å². The predicted octanol–water partition coefficient (Wildman–Crippen LogP) is 2.79. The van der Waals surface area contributed by atoms with E-state index in [-0.39, 0.29) is 32.8 Å². The van der Waals surface area contributed by atoms with Crippen molar-refractivity contribution in [2.45, 2.75) is 26.6 Å². The molecule has 10 heteroatoms. The van der Waals surface area contributed by atoms with E-state index in [9.17, 15) is 13.0 Å². The Morgan fingerprint density at radius 1 is 1.04 bits per heavy atom. The van der Waals surface area contributed by atoms with Gasteiger partial charge in [-0.15, -0.1) is 0 Å². The monoisotopic (exact) mass is 410 g/mol. The fraction of sp³-hybridized carbons (Fsp3) is 0.625. The summed E-state index contributed by atoms with van der Waals surface area (Å²) in [6, 6.07) is 9.48. The highest BCUT2D eigenvalue weighted by molar-refractivity contribution is 7.85. The molecule has 0 radical (unpaired) electrons. The van der Waals surface area contributed by atoms with E-state index in [4.69, 9.17) is 22.7 Å². The van der Waals surface area contributed by atoms with Gasteiger partial charge in [0.25, 0.3) is 10.1 Å². The molecule has 0 heterocycles. The van der Waals surface area contributed by atoms with Crippen molar-refractivity contribution in [1.29, 1.82) is 0 Å². The minimum Gasteiger partial charge on any atom is -0.374 e. The van der Waals surface area contributed by atoms with Crippen molar-refractivity contribution in [3.63, 3.8) is 0 Å². The molecule has 1 unspecified atom stereocenters. The molecule has 1 aromatic carbocycles. The quantitative estimate of drug-likeness (QED) is 0.341. The molecule has 0 N–H and O–H groups in total. The van der Waals surface area contributed by atoms with Crippen molar-refractivity contribution in [2.75, 3.05) is 39.0 Å². The second-order valence-corrected chi connectivity index (χ2v) is 8.99. The molecule has 1 rings (SSSR count). The number of hydrogen-bond donors (Lipinski definition) is 0. The van der Waals surface area contributed by atoms with Gasteiger partial charge >= 0.3 is 7.60 Å². The molecular formula is C16H27O8PS. The number of benzene rings is 1. The van der Waals surface area contributed by atoms with E-state index in [2.05, 4.69) is 0 Å². The summed E-state index contributed by atoms with van der Waals surface area (Å²) in [5, 5.41) is 0. The molecule has 26 heavy (non-hydrogen) atoms. The van der Waals surface area contributed by atoms with Crippen LogP contribution in [0.1, 0.15) is 19.4 Å². The van der Waals surface area contributed by atoms with Crippen molar-refractivity contribution in [1.82, 2.24) is 0 Å². The van der Waals surface area contributed by atoms with Gasteiger partial charge in [0.15, 0.2) is 0 Å². The number of hydrogen-bond acceptors (Lipinski definition) is 8. The summed E-state index contributed by atoms with van der Waals surface area (Å²) in [5.74, 6) is 0. The average molecular weight is 410 g/mol. The topological polar surface area (TPSA) is 97.4 Å². The van der Waals surface area contributed by atoms with Crippen LogP contribution in [0.5, 0.6) is 0 Å². The van der Waals surface area contributed by atoms with E-state index < -0.39 is 23.8 Å². The standard InChI is InChI=1S/C16H27O8PS/c1-4-22-25(17,23-5-2)14-21-16(13-24-26(3,18)19)12-20-11-15-9-7-6-8-10-15/h6-10,16H,4-5,11-14H2,1-3H3. The SMILES string of the molecule is CCOP(=O)(COC(COCc1ccccc1)COS(C)(=O)=O)OCC. The van der Waals surface area contributed by atoms with Crippen LogP contribution in [-0.4, -0.2) is 53.6 Å². The number of rotatable bonds is 14. The Morgan fingerprint density at radius 3 is 2.19 bits per heavy atom. The van der Waals surface area contributed by atoms with E-state index in [0.717, 1.165) is 11.8 Å². The molecule has 1 aromatic rings. The third kappa shape index (κ3) is 10.4. The van der Waals surface area contributed by atoms with Crippen LogP contribution in [0.15, 0.2) is 30.3 Å². The van der Waals surface area contributed by atoms with Crippen LogP contribution in [0.4, 0.5) is 0 Å². The molecule has 150 valence electrons. The molecule has 0 aliphatic carbocycles. The van der Waals surface area contributed by atoms with Crippen LogP contribution >= 0.6 is 7.60 Å². The molecule has 0 aliphatic rings. The van der Waals surface area contributed by atoms with Gasteiger partial charge in [0.2, 0.25) is 0 Å². The lowest BCUT2D eigenvalue weighted by atomic mass is 10.2. The van der Waals surface area contributed by atoms with Crippen LogP contribution in [0.3, 0.4) is 0 Å². The highest BCUT2D eigenvalue weighted by atomic mass is 32.2. The first-order valence-electron chi connectivity index (χ1n) is 8.23. The zero-order valence-corrected chi connectivity index (χ0v) is 17.0. The van der Waals surface area contributed by atoms with Crippen LogP contribution in [0.25, 0.3) is 0 Å². The lowest BCUT2D eigenvalue weighted by molar-refractivity contribution is -0.0309. The third-order valence-electron chi connectivity index (χ3n) is 3.00. The fourth-order valence-corrected chi connectivity index (χ4v) is 3.73. The van der Waals surface area contributed by atoms with Gasteiger partial charge in [-0.25, -0.2) is 0 Å². The summed E-state index contributed by atoms with van der Waals surface area (Å²) in [7, 11) is -7.05. The van der Waals surface area contributed by atoms with Gasteiger partial charge in [0.1, 0.15) is 12.5 Å². The van der Waals surface area contributed by atoms with Gasteiger partial charge in [0.05, 0.1) is 39.3 Å². The second kappa shape index (κ2) is 11.8. The van der Waals surface area contributed by atoms with Crippen molar-refractivity contribution >= 4 is 17.7 Å². The highest BCUT2D eigenvalue weighted by Gasteiger charge is 2.26. The Hall–Kier alpha value is -0.800. The molecule has 1 atom stereocenters. The Kier molecular flexibility index (Phi) is 10.6. The molecule has 0 aromatic heterocycles. The molecule has 0 fully saturated rings. The molecule has 0 amide bonds. The summed E-state index contributed by atoms with van der Waals surface area (Å²) < 4.78 is 61.0. The van der Waals surface area contributed by atoms with Crippen LogP contribution in [0, 0.1) is 0 Å². The zero-order chi connectivity index (χ0) is 19.5. The van der Waals surface area contributed by atoms with Gasteiger partial charge in [-0.2, -0.15) is 8.42 Å². The smallest absolute Gasteiger partial charge is 0.356 e. The van der Waals surface area contributed by atoms with Gasteiger partial charge in [-0.1, -0.05) is 30.3 Å². The van der Waals surface area contributed by atoms with E-state index in [1.54, 1.807) is 13.8 Å². The molecular weight excluding hydrogens is 383 g/mol. The highest BCUT2D eigenvalue weighted by Crippen LogP contribution is 2.48. The molecule has 0 spiro atoms. The lowest BCUT2D eigenvalue weighted by Crippen LogP contribution is -2.28. The maximum atomic E-state index is 12.4. The lowest BCUT2D eigenvalue weighted by Gasteiger charge is -2.22. The van der Waals surface area contributed by atoms with E-state index in [1.165, 1.54) is 0 Å². The summed E-state index contributed by atoms with van der Waals surface area (Å²) in [6.07, 6.45) is -0.121. The van der Waals surface area contributed by atoms with Crippen molar-refractivity contribution in [2.24, 2.45) is 0 Å². The van der Waals surface area contributed by atoms with Gasteiger partial charge in [-0.05, 0) is 19.4 Å². The number of ether oxygens (including phenoxy) is 2. The fourth-order valence-electron chi connectivity index (χ4n) is 1.93. The van der Waals surface area contributed by atoms with Crippen LogP contribution in [-0.2, 0) is 44.0 Å². The molecule has 8 nitrogen and oxygen atoms in total. The normalized spacial score (nSPS) is 13.7. The summed E-state index contributed by atoms with van der Waals surface area (Å²) in [5.41, 5.74) is 0.963. The minimum absolute atomic E-state index is 0.0582. The molecule has 0 saturated carbocycles. The van der Waals surface area contributed by atoms with Crippen molar-refractivity contribution < 1.29 is 35.7 Å². The van der Waals surface area contributed by atoms with Gasteiger partial charge in [-0.3, -0.25) is 8.75 Å². The third-order valence-corrected chi connectivity index (χ3v) is 5.34. The van der Waals surface area contributed by atoms with E-state index in [0.29, 0.717) is 6.61 Å². The maximum Gasteiger partial charge on any atom is 0.356 e. The first-order valence-corrected chi connectivity index (χ1v) is 11.8. The molecule has 0 aliphatic heterocycles. The maximum absolute atomic E-state index is 12.4. The first-order chi connectivity index (χ1) is 12.3. The molecule has 0 bridgehead atoms.